The molecule has 0 spiro atoms. The van der Waals surface area contributed by atoms with Crippen molar-refractivity contribution in [1.29, 1.82) is 0 Å². The first-order valence-electron chi connectivity index (χ1n) is 8.14. The quantitative estimate of drug-likeness (QED) is 0.209. The smallest absolute Gasteiger partial charge is 0.318 e. The van der Waals surface area contributed by atoms with E-state index in [1.54, 1.807) is 0 Å². The maximum absolute atomic E-state index is 10.9. The van der Waals surface area contributed by atoms with Crippen LogP contribution < -0.4 is 0 Å². The third-order valence-corrected chi connectivity index (χ3v) is 3.89. The molecule has 0 heterocycles. The van der Waals surface area contributed by atoms with Crippen LogP contribution in [0.5, 0.6) is 0 Å². The molecule has 0 rings (SSSR count). The van der Waals surface area contributed by atoms with Crippen LogP contribution in [0.4, 0.5) is 0 Å². The molecule has 1 N–H and O–H groups in total. The molecule has 4 heteroatoms. The number of carbonyl (C=O) groups excluding carboxylic acids is 1. The molecule has 0 aromatic carbocycles. The van der Waals surface area contributed by atoms with Crippen LogP contribution >= 0.6 is 15.9 Å². The monoisotopic (exact) mass is 350 g/mol. The largest absolute Gasteiger partial charge is 0.435 e. The Morgan fingerprint density at radius 2 is 1.40 bits per heavy atom. The van der Waals surface area contributed by atoms with Gasteiger partial charge in [0.15, 0.2) is 0 Å². The maximum Gasteiger partial charge on any atom is 0.318 e. The molecule has 0 amide bonds. The zero-order valence-corrected chi connectivity index (χ0v) is 14.5. The molecule has 0 fully saturated rings. The van der Waals surface area contributed by atoms with Crippen LogP contribution in [0.1, 0.15) is 84.0 Å². The van der Waals surface area contributed by atoms with Crippen LogP contribution in [0.2, 0.25) is 0 Å². The average molecular weight is 351 g/mol. The van der Waals surface area contributed by atoms with Gasteiger partial charge in [-0.2, -0.15) is 0 Å². The zero-order valence-electron chi connectivity index (χ0n) is 12.9. The van der Waals surface area contributed by atoms with Crippen molar-refractivity contribution >= 4 is 21.9 Å². The predicted octanol–water partition coefficient (Wildman–Crippen LogP) is 4.94. The number of rotatable bonds is 14. The van der Waals surface area contributed by atoms with Crippen molar-refractivity contribution in [2.24, 2.45) is 0 Å². The first-order chi connectivity index (χ1) is 9.70. The summed E-state index contributed by atoms with van der Waals surface area (Å²) < 4.78 is 4.76. The Bertz CT molecular complexity index is 222. The van der Waals surface area contributed by atoms with Crippen molar-refractivity contribution in [2.75, 3.05) is 5.33 Å². The molecule has 0 bridgehead atoms. The number of halogens is 1. The minimum atomic E-state index is -0.932. The second-order valence-electron chi connectivity index (χ2n) is 5.40. The Labute approximate surface area is 132 Å². The number of ether oxygens (including phenoxy) is 1. The fourth-order valence-corrected chi connectivity index (χ4v) is 2.36. The van der Waals surface area contributed by atoms with Crippen molar-refractivity contribution in [1.82, 2.24) is 0 Å². The van der Waals surface area contributed by atoms with Gasteiger partial charge in [0.05, 0.1) is 0 Å². The summed E-state index contributed by atoms with van der Waals surface area (Å²) in [5.41, 5.74) is 0. The maximum atomic E-state index is 10.9. The first-order valence-corrected chi connectivity index (χ1v) is 9.26. The molecule has 0 aromatic rings. The molecule has 0 saturated heterocycles. The number of aliphatic hydroxyl groups excluding tert-OH is 1. The van der Waals surface area contributed by atoms with Crippen LogP contribution in [0.25, 0.3) is 0 Å². The summed E-state index contributed by atoms with van der Waals surface area (Å²) in [4.78, 5) is 10.9. The highest BCUT2D eigenvalue weighted by molar-refractivity contribution is 9.09. The van der Waals surface area contributed by atoms with Crippen LogP contribution in [0, 0.1) is 0 Å². The number of carbonyl (C=O) groups is 1. The molecule has 0 saturated carbocycles. The van der Waals surface area contributed by atoms with Gasteiger partial charge in [-0.3, -0.25) is 4.79 Å². The SMILES string of the molecule is CCCCCCCCCCCCCC(O)OC(=O)CBr. The highest BCUT2D eigenvalue weighted by Crippen LogP contribution is 2.12. The molecule has 0 aliphatic carbocycles. The van der Waals surface area contributed by atoms with Crippen LogP contribution in [-0.4, -0.2) is 22.7 Å². The first kappa shape index (κ1) is 19.9. The standard InChI is InChI=1S/C16H31BrO3/c1-2-3-4-5-6-7-8-9-10-11-12-13-15(18)20-16(19)14-17/h15,18H,2-14H2,1H3. The number of alkyl halides is 1. The molecule has 1 unspecified atom stereocenters. The minimum Gasteiger partial charge on any atom is -0.435 e. The van der Waals surface area contributed by atoms with E-state index in [0.717, 1.165) is 12.8 Å². The lowest BCUT2D eigenvalue weighted by Gasteiger charge is -2.10. The lowest BCUT2D eigenvalue weighted by atomic mass is 10.1. The Morgan fingerprint density at radius 3 is 1.85 bits per heavy atom. The minimum absolute atomic E-state index is 0.141. The van der Waals surface area contributed by atoms with Gasteiger partial charge in [-0.15, -0.1) is 0 Å². The molecule has 3 nitrogen and oxygen atoms in total. The normalized spacial score (nSPS) is 12.3. The molecule has 0 radical (unpaired) electrons. The van der Waals surface area contributed by atoms with Crippen molar-refractivity contribution in [3.05, 3.63) is 0 Å². The van der Waals surface area contributed by atoms with Gasteiger partial charge < -0.3 is 9.84 Å². The number of hydrogen-bond donors (Lipinski definition) is 1. The number of esters is 1. The molecular formula is C16H31BrO3. The van der Waals surface area contributed by atoms with Crippen molar-refractivity contribution in [3.63, 3.8) is 0 Å². The average Bonchev–Trinajstić information content (AvgIpc) is 2.44. The van der Waals surface area contributed by atoms with Crippen molar-refractivity contribution in [3.8, 4) is 0 Å². The predicted molar refractivity (Wildman–Crippen MR) is 87.0 cm³/mol. The van der Waals surface area contributed by atoms with Crippen molar-refractivity contribution in [2.45, 2.75) is 90.3 Å². The Morgan fingerprint density at radius 1 is 0.950 bits per heavy atom. The molecule has 0 aromatic heterocycles. The van der Waals surface area contributed by atoms with Crippen LogP contribution in [-0.2, 0) is 9.53 Å². The third kappa shape index (κ3) is 14.3. The summed E-state index contributed by atoms with van der Waals surface area (Å²) in [6.45, 7) is 2.25. The topological polar surface area (TPSA) is 46.5 Å². The van der Waals surface area contributed by atoms with E-state index in [1.807, 2.05) is 0 Å². The van der Waals surface area contributed by atoms with E-state index in [2.05, 4.69) is 22.9 Å². The highest BCUT2D eigenvalue weighted by atomic mass is 79.9. The summed E-state index contributed by atoms with van der Waals surface area (Å²) in [6.07, 6.45) is 13.7. The van der Waals surface area contributed by atoms with E-state index in [1.165, 1.54) is 57.8 Å². The summed E-state index contributed by atoms with van der Waals surface area (Å²) in [5, 5.41) is 9.57. The highest BCUT2D eigenvalue weighted by Gasteiger charge is 2.08. The van der Waals surface area contributed by atoms with Crippen LogP contribution in [0.3, 0.4) is 0 Å². The van der Waals surface area contributed by atoms with Gasteiger partial charge in [0, 0.05) is 6.42 Å². The fourth-order valence-electron chi connectivity index (χ4n) is 2.23. The molecule has 1 atom stereocenters. The molecule has 0 aliphatic rings. The van der Waals surface area contributed by atoms with E-state index in [9.17, 15) is 9.90 Å². The van der Waals surface area contributed by atoms with Gasteiger partial charge >= 0.3 is 5.97 Å². The van der Waals surface area contributed by atoms with Gasteiger partial charge in [0.1, 0.15) is 5.33 Å². The molecular weight excluding hydrogens is 320 g/mol. The van der Waals surface area contributed by atoms with Crippen molar-refractivity contribution < 1.29 is 14.6 Å². The zero-order chi connectivity index (χ0) is 15.1. The number of unbranched alkanes of at least 4 members (excludes halogenated alkanes) is 10. The second-order valence-corrected chi connectivity index (χ2v) is 5.96. The summed E-state index contributed by atoms with van der Waals surface area (Å²) in [5.74, 6) is -0.402. The number of hydrogen-bond acceptors (Lipinski definition) is 3. The summed E-state index contributed by atoms with van der Waals surface area (Å²) in [6, 6.07) is 0. The fraction of sp³-hybridized carbons (Fsp3) is 0.938. The Balaban J connectivity index is 3.14. The molecule has 120 valence electrons. The van der Waals surface area contributed by atoms with E-state index in [0.29, 0.717) is 6.42 Å². The van der Waals surface area contributed by atoms with Gasteiger partial charge in [-0.1, -0.05) is 87.1 Å². The van der Waals surface area contributed by atoms with Gasteiger partial charge in [0.25, 0.3) is 0 Å². The van der Waals surface area contributed by atoms with E-state index < -0.39 is 12.3 Å². The van der Waals surface area contributed by atoms with Gasteiger partial charge in [-0.05, 0) is 6.42 Å². The summed E-state index contributed by atoms with van der Waals surface area (Å²) in [7, 11) is 0. The van der Waals surface area contributed by atoms with Crippen LogP contribution in [0.15, 0.2) is 0 Å². The van der Waals surface area contributed by atoms with E-state index in [4.69, 9.17) is 4.74 Å². The lowest BCUT2D eigenvalue weighted by molar-refractivity contribution is -0.165. The third-order valence-electron chi connectivity index (χ3n) is 3.43. The van der Waals surface area contributed by atoms with E-state index in [-0.39, 0.29) is 5.33 Å². The Kier molecular flexibility index (Phi) is 15.2. The number of aliphatic hydroxyl groups is 1. The Hall–Kier alpha value is -0.0900. The second kappa shape index (κ2) is 15.3. The molecule has 0 aliphatic heterocycles. The molecule has 20 heavy (non-hydrogen) atoms. The van der Waals surface area contributed by atoms with Gasteiger partial charge in [-0.25, -0.2) is 0 Å². The lowest BCUT2D eigenvalue weighted by Crippen LogP contribution is -2.18. The van der Waals surface area contributed by atoms with Gasteiger partial charge in [0.2, 0.25) is 6.29 Å². The summed E-state index contributed by atoms with van der Waals surface area (Å²) >= 11 is 2.99. The van der Waals surface area contributed by atoms with E-state index >= 15 is 0 Å².